The molecule has 0 radical (unpaired) electrons. The van der Waals surface area contributed by atoms with E-state index >= 15 is 0 Å². The lowest BCUT2D eigenvalue weighted by Gasteiger charge is -2.20. The van der Waals surface area contributed by atoms with Crippen LogP contribution in [0.25, 0.3) is 0 Å². The van der Waals surface area contributed by atoms with Crippen LogP contribution in [0.2, 0.25) is 0 Å². The molecule has 0 bridgehead atoms. The minimum absolute atomic E-state index is 0.00447. The number of aliphatic hydroxyl groups excluding tert-OH is 2. The lowest BCUT2D eigenvalue weighted by Crippen LogP contribution is -2.45. The number of ether oxygens (including phenoxy) is 1. The highest BCUT2D eigenvalue weighted by Gasteiger charge is 2.18. The number of hydrogen-bond acceptors (Lipinski definition) is 5. The highest BCUT2D eigenvalue weighted by Crippen LogP contribution is 2.17. The number of carbonyl (C=O) groups is 2. The Morgan fingerprint density at radius 2 is 0.703 bits per heavy atom. The summed E-state index contributed by atoms with van der Waals surface area (Å²) in [6.07, 6.45) is 81.6. The SMILES string of the molecule is CCC/C=C\C/C=C\CCCCCCCC(=O)OCCCCCCCCCCCCCC/C=C\CCCCCCCCCC(=O)NC(CO)C(O)/C=C/CCCCCCCCCCCCCCCCCCCCC. The summed E-state index contributed by atoms with van der Waals surface area (Å²) >= 11 is 0. The molecule has 2 unspecified atom stereocenters. The van der Waals surface area contributed by atoms with Crippen molar-refractivity contribution >= 4 is 11.9 Å². The molecule has 0 fully saturated rings. The first-order valence-electron chi connectivity index (χ1n) is 32.9. The molecule has 434 valence electrons. The molecule has 1 amide bonds. The second-order valence-corrected chi connectivity index (χ2v) is 22.4. The summed E-state index contributed by atoms with van der Waals surface area (Å²) < 4.78 is 5.47. The van der Waals surface area contributed by atoms with E-state index in [4.69, 9.17) is 4.74 Å². The zero-order valence-corrected chi connectivity index (χ0v) is 49.6. The Kier molecular flexibility index (Phi) is 61.5. The van der Waals surface area contributed by atoms with Crippen LogP contribution in [0.15, 0.2) is 48.6 Å². The summed E-state index contributed by atoms with van der Waals surface area (Å²) in [5.74, 6) is -0.0765. The largest absolute Gasteiger partial charge is 0.466 e. The van der Waals surface area contributed by atoms with Crippen molar-refractivity contribution in [1.82, 2.24) is 5.32 Å². The van der Waals surface area contributed by atoms with Crippen molar-refractivity contribution in [1.29, 1.82) is 0 Å². The number of nitrogens with one attached hydrogen (secondary N) is 1. The molecule has 0 aliphatic rings. The third-order valence-electron chi connectivity index (χ3n) is 15.0. The minimum Gasteiger partial charge on any atom is -0.466 e. The molecule has 74 heavy (non-hydrogen) atoms. The molecule has 2 atom stereocenters. The monoisotopic (exact) mass is 1040 g/mol. The van der Waals surface area contributed by atoms with E-state index in [2.05, 4.69) is 55.6 Å². The maximum Gasteiger partial charge on any atom is 0.305 e. The second-order valence-electron chi connectivity index (χ2n) is 22.4. The van der Waals surface area contributed by atoms with Crippen molar-refractivity contribution in [2.45, 2.75) is 360 Å². The maximum absolute atomic E-state index is 12.5. The van der Waals surface area contributed by atoms with Gasteiger partial charge in [-0.15, -0.1) is 0 Å². The zero-order chi connectivity index (χ0) is 53.6. The Morgan fingerprint density at radius 3 is 1.09 bits per heavy atom. The molecule has 3 N–H and O–H groups in total. The van der Waals surface area contributed by atoms with Crippen LogP contribution in [0.3, 0.4) is 0 Å². The number of rotatable bonds is 61. The van der Waals surface area contributed by atoms with Gasteiger partial charge < -0.3 is 20.3 Å². The van der Waals surface area contributed by atoms with Crippen LogP contribution in [0, 0.1) is 0 Å². The first-order chi connectivity index (χ1) is 36.5. The van der Waals surface area contributed by atoms with E-state index in [1.807, 2.05) is 6.08 Å². The van der Waals surface area contributed by atoms with Crippen molar-refractivity contribution in [3.63, 3.8) is 0 Å². The van der Waals surface area contributed by atoms with Crippen molar-refractivity contribution in [3.8, 4) is 0 Å². The van der Waals surface area contributed by atoms with E-state index in [9.17, 15) is 19.8 Å². The average molecular weight is 1040 g/mol. The van der Waals surface area contributed by atoms with Crippen LogP contribution in [0.1, 0.15) is 348 Å². The summed E-state index contributed by atoms with van der Waals surface area (Å²) in [5.41, 5.74) is 0. The lowest BCUT2D eigenvalue weighted by atomic mass is 10.0. The third-order valence-corrected chi connectivity index (χ3v) is 15.0. The van der Waals surface area contributed by atoms with Crippen LogP contribution in [-0.4, -0.2) is 47.4 Å². The van der Waals surface area contributed by atoms with Gasteiger partial charge in [-0.1, -0.05) is 300 Å². The Balaban J connectivity index is 3.45. The number of amides is 1. The zero-order valence-electron chi connectivity index (χ0n) is 49.6. The Labute approximate surface area is 461 Å². The van der Waals surface area contributed by atoms with Gasteiger partial charge in [0.25, 0.3) is 0 Å². The average Bonchev–Trinajstić information content (AvgIpc) is 3.40. The van der Waals surface area contributed by atoms with Crippen LogP contribution >= 0.6 is 0 Å². The summed E-state index contributed by atoms with van der Waals surface area (Å²) in [5, 5.41) is 23.2. The molecule has 0 rings (SSSR count). The topological polar surface area (TPSA) is 95.9 Å². The van der Waals surface area contributed by atoms with Gasteiger partial charge in [0.15, 0.2) is 0 Å². The van der Waals surface area contributed by atoms with Crippen LogP contribution in [0.5, 0.6) is 0 Å². The van der Waals surface area contributed by atoms with Gasteiger partial charge in [0.2, 0.25) is 5.91 Å². The molecular formula is C68H127NO5. The fourth-order valence-electron chi connectivity index (χ4n) is 10.0. The van der Waals surface area contributed by atoms with Crippen LogP contribution in [0.4, 0.5) is 0 Å². The molecule has 0 heterocycles. The quantitative estimate of drug-likeness (QED) is 0.0320. The fraction of sp³-hybridized carbons (Fsp3) is 0.853. The Bertz CT molecular complexity index is 1240. The second kappa shape index (κ2) is 63.4. The first-order valence-corrected chi connectivity index (χ1v) is 32.9. The Morgan fingerprint density at radius 1 is 0.378 bits per heavy atom. The molecule has 0 spiro atoms. The smallest absolute Gasteiger partial charge is 0.305 e. The van der Waals surface area contributed by atoms with Crippen molar-refractivity contribution in [2.24, 2.45) is 0 Å². The van der Waals surface area contributed by atoms with E-state index < -0.39 is 12.1 Å². The number of unbranched alkanes of at least 4 members (excludes halogenated alkanes) is 44. The fourth-order valence-corrected chi connectivity index (χ4v) is 10.0. The molecule has 6 nitrogen and oxygen atoms in total. The lowest BCUT2D eigenvalue weighted by molar-refractivity contribution is -0.143. The van der Waals surface area contributed by atoms with E-state index in [0.717, 1.165) is 57.8 Å². The van der Waals surface area contributed by atoms with E-state index in [0.29, 0.717) is 19.4 Å². The van der Waals surface area contributed by atoms with Crippen LogP contribution < -0.4 is 5.32 Å². The summed E-state index contributed by atoms with van der Waals surface area (Å²) in [6.45, 7) is 4.85. The molecule has 0 aromatic heterocycles. The predicted molar refractivity (Wildman–Crippen MR) is 324 cm³/mol. The van der Waals surface area contributed by atoms with Crippen molar-refractivity contribution < 1.29 is 24.5 Å². The molecule has 6 heteroatoms. The molecule has 0 saturated heterocycles. The van der Waals surface area contributed by atoms with Crippen LogP contribution in [-0.2, 0) is 14.3 Å². The number of esters is 1. The highest BCUT2D eigenvalue weighted by molar-refractivity contribution is 5.76. The molecule has 0 saturated carbocycles. The van der Waals surface area contributed by atoms with Crippen molar-refractivity contribution in [2.75, 3.05) is 13.2 Å². The van der Waals surface area contributed by atoms with Crippen molar-refractivity contribution in [3.05, 3.63) is 48.6 Å². The predicted octanol–water partition coefficient (Wildman–Crippen LogP) is 20.9. The van der Waals surface area contributed by atoms with Gasteiger partial charge in [0.05, 0.1) is 25.4 Å². The number of carbonyl (C=O) groups excluding carboxylic acids is 2. The van der Waals surface area contributed by atoms with Gasteiger partial charge in [-0.2, -0.15) is 0 Å². The van der Waals surface area contributed by atoms with Gasteiger partial charge in [-0.25, -0.2) is 0 Å². The van der Waals surface area contributed by atoms with Gasteiger partial charge in [-0.05, 0) is 83.5 Å². The summed E-state index contributed by atoms with van der Waals surface area (Å²) in [6, 6.07) is -0.634. The van der Waals surface area contributed by atoms with Gasteiger partial charge in [0, 0.05) is 12.8 Å². The number of allylic oxidation sites excluding steroid dienone is 7. The summed E-state index contributed by atoms with van der Waals surface area (Å²) in [4.78, 5) is 24.5. The standard InChI is InChI=1S/C68H127NO5/c1-3-5-7-9-11-13-15-17-18-19-20-24-27-30-33-37-40-44-48-52-56-60-66(71)65(64-70)69-67(72)61-57-53-49-45-41-38-34-31-28-25-22-21-23-26-29-32-35-39-43-47-51-55-59-63-74-68(73)62-58-54-50-46-42-36-16-14-12-10-8-6-4-2/h8,10,14,16,25,28,56,60,65-66,70-71H,3-7,9,11-13,15,17-24,26-27,29-55,57-59,61-64H2,1-2H3,(H,69,72)/b10-8-,16-14-,28-25-,60-56+. The minimum atomic E-state index is -0.850. The van der Waals surface area contributed by atoms with Gasteiger partial charge >= 0.3 is 5.97 Å². The number of aliphatic hydroxyl groups is 2. The normalized spacial score (nSPS) is 12.9. The first kappa shape index (κ1) is 71.8. The molecular weight excluding hydrogens is 911 g/mol. The van der Waals surface area contributed by atoms with E-state index in [1.54, 1.807) is 6.08 Å². The van der Waals surface area contributed by atoms with Gasteiger partial charge in [-0.3, -0.25) is 9.59 Å². The van der Waals surface area contributed by atoms with E-state index in [1.165, 1.54) is 263 Å². The summed E-state index contributed by atoms with van der Waals surface area (Å²) in [7, 11) is 0. The Hall–Kier alpha value is -2.18. The maximum atomic E-state index is 12.5. The molecule has 0 aliphatic carbocycles. The van der Waals surface area contributed by atoms with Gasteiger partial charge in [0.1, 0.15) is 0 Å². The molecule has 0 aliphatic heterocycles. The highest BCUT2D eigenvalue weighted by atomic mass is 16.5. The molecule has 0 aromatic carbocycles. The number of hydrogen-bond donors (Lipinski definition) is 3. The molecule has 0 aromatic rings. The van der Waals surface area contributed by atoms with E-state index in [-0.39, 0.29) is 18.5 Å². The third kappa shape index (κ3) is 59.1.